The molecule has 3 saturated heterocycles. The minimum Gasteiger partial charge on any atom is -0.370 e. The van der Waals surface area contributed by atoms with Crippen LogP contribution in [0.15, 0.2) is 78.9 Å². The van der Waals surface area contributed by atoms with E-state index >= 15 is 0 Å². The third-order valence-corrected chi connectivity index (χ3v) is 16.2. The monoisotopic (exact) mass is 960 g/mol. The first-order chi connectivity index (χ1) is 33.7. The number of imide groups is 1. The quantitative estimate of drug-likeness (QED) is 0.105. The minimum absolute atomic E-state index is 0.0442. The van der Waals surface area contributed by atoms with Crippen molar-refractivity contribution >= 4 is 47.4 Å². The van der Waals surface area contributed by atoms with Crippen LogP contribution >= 0.6 is 0 Å². The smallest absolute Gasteiger partial charge is 0.370 e. The van der Waals surface area contributed by atoms with Crippen LogP contribution in [0.5, 0.6) is 0 Å². The molecule has 5 aliphatic rings. The Kier molecular flexibility index (Phi) is 14.5. The predicted octanol–water partition coefficient (Wildman–Crippen LogP) is 9.86. The van der Waals surface area contributed by atoms with Gasteiger partial charge in [0, 0.05) is 63.6 Å². The molecule has 1 N–H and O–H groups in total. The molecule has 4 aliphatic heterocycles. The van der Waals surface area contributed by atoms with Gasteiger partial charge in [0.25, 0.3) is 5.91 Å². The van der Waals surface area contributed by atoms with Crippen LogP contribution in [0.25, 0.3) is 11.1 Å². The average molecular weight is 960 g/mol. The maximum absolute atomic E-state index is 14.6. The number of carbonyl (C=O) groups is 4. The lowest BCUT2D eigenvalue weighted by molar-refractivity contribution is -0.138. The molecule has 4 aromatic carbocycles. The first kappa shape index (κ1) is 49.3. The van der Waals surface area contributed by atoms with E-state index in [0.29, 0.717) is 65.4 Å². The second-order valence-electron chi connectivity index (χ2n) is 21.0. The van der Waals surface area contributed by atoms with E-state index in [-0.39, 0.29) is 29.6 Å². The fourth-order valence-corrected chi connectivity index (χ4v) is 11.8. The summed E-state index contributed by atoms with van der Waals surface area (Å²) in [5.74, 6) is 0.150. The van der Waals surface area contributed by atoms with Gasteiger partial charge >= 0.3 is 6.18 Å². The van der Waals surface area contributed by atoms with Crippen LogP contribution in [0.4, 0.5) is 35.9 Å². The van der Waals surface area contributed by atoms with Gasteiger partial charge < -0.3 is 24.5 Å². The Morgan fingerprint density at radius 1 is 0.886 bits per heavy atom. The van der Waals surface area contributed by atoms with Gasteiger partial charge in [-0.3, -0.25) is 29.4 Å². The highest BCUT2D eigenvalue weighted by Crippen LogP contribution is 2.46. The van der Waals surface area contributed by atoms with E-state index in [9.17, 15) is 32.3 Å². The van der Waals surface area contributed by atoms with Gasteiger partial charge in [-0.1, -0.05) is 62.2 Å². The summed E-state index contributed by atoms with van der Waals surface area (Å²) in [4.78, 5) is 63.4. The van der Waals surface area contributed by atoms with Gasteiger partial charge in [0.1, 0.15) is 6.04 Å². The molecule has 1 aliphatic carbocycles. The van der Waals surface area contributed by atoms with E-state index in [1.807, 2.05) is 74.6 Å². The number of nitrogens with one attached hydrogen (secondary N) is 1. The number of likely N-dealkylation sites (tertiary alicyclic amines) is 2. The van der Waals surface area contributed by atoms with Crippen molar-refractivity contribution in [2.45, 2.75) is 116 Å². The van der Waals surface area contributed by atoms with Crippen molar-refractivity contribution in [2.75, 3.05) is 72.5 Å². The van der Waals surface area contributed by atoms with Crippen molar-refractivity contribution in [1.82, 2.24) is 15.1 Å². The van der Waals surface area contributed by atoms with Crippen molar-refractivity contribution in [2.24, 2.45) is 11.3 Å². The maximum atomic E-state index is 14.6. The molecule has 70 heavy (non-hydrogen) atoms. The van der Waals surface area contributed by atoms with Crippen LogP contribution in [0, 0.1) is 11.3 Å². The highest BCUT2D eigenvalue weighted by Gasteiger charge is 2.45. The Hall–Kier alpha value is -5.73. The average Bonchev–Trinajstić information content (AvgIpc) is 3.66. The summed E-state index contributed by atoms with van der Waals surface area (Å²) in [7, 11) is 2.02. The topological polar surface area (TPSA) is 99.7 Å². The van der Waals surface area contributed by atoms with Crippen molar-refractivity contribution < 1.29 is 32.3 Å². The Bertz CT molecular complexity index is 2540. The largest absolute Gasteiger partial charge is 0.416 e. The number of alkyl halides is 3. The van der Waals surface area contributed by atoms with Crippen LogP contribution in [0.1, 0.15) is 117 Å². The number of para-hydroxylation sites is 1. The van der Waals surface area contributed by atoms with Crippen molar-refractivity contribution in [3.63, 3.8) is 0 Å². The van der Waals surface area contributed by atoms with Crippen LogP contribution in [0.3, 0.4) is 0 Å². The van der Waals surface area contributed by atoms with Gasteiger partial charge in [-0.25, -0.2) is 0 Å². The summed E-state index contributed by atoms with van der Waals surface area (Å²) >= 11 is 0. The van der Waals surface area contributed by atoms with Gasteiger partial charge in [-0.2, -0.15) is 13.2 Å². The summed E-state index contributed by atoms with van der Waals surface area (Å²) in [5.41, 5.74) is 6.31. The number of anilines is 4. The highest BCUT2D eigenvalue weighted by atomic mass is 19.4. The van der Waals surface area contributed by atoms with Crippen LogP contribution in [-0.4, -0.2) is 99.4 Å². The molecular weight excluding hydrogens is 892 g/mol. The highest BCUT2D eigenvalue weighted by molar-refractivity contribution is 6.11. The van der Waals surface area contributed by atoms with Crippen molar-refractivity contribution in [3.8, 4) is 11.1 Å². The molecule has 9 rings (SSSR count). The first-order valence-electron chi connectivity index (χ1n) is 25.5. The molecule has 14 heteroatoms. The second kappa shape index (κ2) is 20.5. The van der Waals surface area contributed by atoms with Crippen LogP contribution in [-0.2, 0) is 33.6 Å². The summed E-state index contributed by atoms with van der Waals surface area (Å²) in [5, 5.41) is 2.27. The molecule has 4 amide bonds. The first-order valence-corrected chi connectivity index (χ1v) is 25.5. The van der Waals surface area contributed by atoms with Gasteiger partial charge in [0.15, 0.2) is 0 Å². The molecule has 1 spiro atoms. The summed E-state index contributed by atoms with van der Waals surface area (Å²) in [6.07, 6.45) is 5.39. The van der Waals surface area contributed by atoms with E-state index in [0.717, 1.165) is 113 Å². The number of amides is 4. The van der Waals surface area contributed by atoms with Crippen molar-refractivity contribution in [3.05, 3.63) is 107 Å². The number of carbonyl (C=O) groups excluding carboxylic acids is 4. The summed E-state index contributed by atoms with van der Waals surface area (Å²) in [6, 6.07) is 23.7. The standard InChI is InChI=1S/C56H68F3N7O4/c1-5-9-51(53(69)60-36-67)66(37-68)50-15-8-14-49(52(50)61(4)38(2)3)64-24-20-40(21-25-64)31-62-26-22-55(23-27-62)34-63(35-55)32-39-16-18-42(19-17-39)44-29-46-47(48(30-44)56(57,58)59)33-65(54(46)70)45-13-7-12-43(28-45)41-10-6-11-41/h7-8,12-19,28-30,36-38,40-41,51H,5-6,9-11,20-27,31-35H2,1-4H3,(H,60,67,69). The Morgan fingerprint density at radius 3 is 2.23 bits per heavy atom. The molecule has 372 valence electrons. The number of halogens is 3. The number of fused-ring (bicyclic) bond motifs is 1. The fourth-order valence-electron chi connectivity index (χ4n) is 11.8. The lowest BCUT2D eigenvalue weighted by atomic mass is 9.71. The third kappa shape index (κ3) is 10.1. The molecule has 4 aromatic rings. The normalized spacial score (nSPS) is 19.2. The van der Waals surface area contributed by atoms with E-state index in [1.54, 1.807) is 6.07 Å². The van der Waals surface area contributed by atoms with E-state index in [1.165, 1.54) is 22.3 Å². The molecule has 1 unspecified atom stereocenters. The zero-order chi connectivity index (χ0) is 49.3. The number of hydrogen-bond acceptors (Lipinski definition) is 8. The van der Waals surface area contributed by atoms with E-state index in [2.05, 4.69) is 44.8 Å². The molecule has 4 heterocycles. The third-order valence-electron chi connectivity index (χ3n) is 16.2. The Balaban J connectivity index is 0.774. The molecule has 11 nitrogen and oxygen atoms in total. The fraction of sp³-hybridized carbons (Fsp3) is 0.500. The zero-order valence-electron chi connectivity index (χ0n) is 41.1. The number of hydrogen-bond donors (Lipinski definition) is 1. The van der Waals surface area contributed by atoms with Crippen LogP contribution < -0.4 is 24.9 Å². The molecule has 1 saturated carbocycles. The Labute approximate surface area is 411 Å². The lowest BCUT2D eigenvalue weighted by Crippen LogP contribution is -2.60. The van der Waals surface area contributed by atoms with E-state index in [4.69, 9.17) is 0 Å². The summed E-state index contributed by atoms with van der Waals surface area (Å²) < 4.78 is 43.8. The van der Waals surface area contributed by atoms with Gasteiger partial charge in [-0.05, 0) is 153 Å². The van der Waals surface area contributed by atoms with Crippen molar-refractivity contribution in [1.29, 1.82) is 0 Å². The molecule has 4 fully saturated rings. The molecule has 0 radical (unpaired) electrons. The maximum Gasteiger partial charge on any atom is 0.416 e. The lowest BCUT2D eigenvalue weighted by Gasteiger charge is -2.54. The summed E-state index contributed by atoms with van der Waals surface area (Å²) in [6.45, 7) is 14.0. The molecule has 0 bridgehead atoms. The number of benzene rings is 4. The minimum atomic E-state index is -4.60. The number of piperidine rings is 2. The number of nitrogens with zero attached hydrogens (tertiary/aromatic N) is 6. The second-order valence-corrected chi connectivity index (χ2v) is 21.0. The predicted molar refractivity (Wildman–Crippen MR) is 270 cm³/mol. The Morgan fingerprint density at radius 2 is 1.60 bits per heavy atom. The molecule has 0 aromatic heterocycles. The van der Waals surface area contributed by atoms with Gasteiger partial charge in [0.2, 0.25) is 18.7 Å². The zero-order valence-corrected chi connectivity index (χ0v) is 41.1. The van der Waals surface area contributed by atoms with Gasteiger partial charge in [0.05, 0.1) is 29.2 Å². The molecule has 1 atom stereocenters. The van der Waals surface area contributed by atoms with E-state index < -0.39 is 23.7 Å². The SMILES string of the molecule is CCCC(C(=O)NC=O)N(C=O)c1cccc(N2CCC(CN3CCC4(CC3)CN(Cc3ccc(-c5cc6c(c(C(F)(F)F)c5)CN(c5cccc(C7CCC7)c5)C6=O)cc3)C4)CC2)c1N(C)C(C)C. The van der Waals surface area contributed by atoms with Crippen LogP contribution in [0.2, 0.25) is 0 Å². The van der Waals surface area contributed by atoms with Gasteiger partial charge in [-0.15, -0.1) is 0 Å². The molecular formula is C56H68F3N7O4. The number of rotatable bonds is 17.